The Hall–Kier alpha value is -1.69. The summed E-state index contributed by atoms with van der Waals surface area (Å²) in [5.41, 5.74) is 0.127. The summed E-state index contributed by atoms with van der Waals surface area (Å²) in [6.07, 6.45) is 2.93. The molecule has 6 heteroatoms. The van der Waals surface area contributed by atoms with Crippen LogP contribution in [-0.2, 0) is 4.74 Å². The number of methoxy groups -OCH3 is 1. The number of rotatable bonds is 5. The quantitative estimate of drug-likeness (QED) is 0.898. The van der Waals surface area contributed by atoms with E-state index in [2.05, 4.69) is 22.4 Å². The van der Waals surface area contributed by atoms with Gasteiger partial charge in [-0.25, -0.2) is 0 Å². The van der Waals surface area contributed by atoms with Crippen LogP contribution in [0.2, 0.25) is 0 Å². The highest BCUT2D eigenvalue weighted by Gasteiger charge is 2.33. The van der Waals surface area contributed by atoms with E-state index in [1.54, 1.807) is 24.1 Å². The van der Waals surface area contributed by atoms with Crippen molar-refractivity contribution >= 4 is 11.7 Å². The number of piperidine rings is 1. The number of nitrogens with zero attached hydrogens (tertiary/aromatic N) is 3. The lowest BCUT2D eigenvalue weighted by Gasteiger charge is -2.39. The van der Waals surface area contributed by atoms with Crippen molar-refractivity contribution in [2.24, 2.45) is 0 Å². The van der Waals surface area contributed by atoms with E-state index in [0.717, 1.165) is 32.4 Å². The summed E-state index contributed by atoms with van der Waals surface area (Å²) in [6, 6.07) is 3.53. The van der Waals surface area contributed by atoms with Crippen LogP contribution < -0.4 is 5.32 Å². The minimum absolute atomic E-state index is 0.0764. The van der Waals surface area contributed by atoms with Crippen LogP contribution in [0.4, 0.5) is 5.82 Å². The summed E-state index contributed by atoms with van der Waals surface area (Å²) in [6.45, 7) is 6.31. The van der Waals surface area contributed by atoms with Crippen LogP contribution in [0.5, 0.6) is 0 Å². The molecule has 0 radical (unpaired) electrons. The van der Waals surface area contributed by atoms with E-state index < -0.39 is 0 Å². The Morgan fingerprint density at radius 1 is 1.48 bits per heavy atom. The number of carbonyl (C=O) groups is 1. The number of anilines is 1. The predicted octanol–water partition coefficient (Wildman–Crippen LogP) is 1.94. The molecule has 0 aromatic carbocycles. The van der Waals surface area contributed by atoms with Crippen LogP contribution in [0, 0.1) is 0 Å². The van der Waals surface area contributed by atoms with Crippen molar-refractivity contribution in [1.29, 1.82) is 0 Å². The molecule has 0 spiro atoms. The molecule has 21 heavy (non-hydrogen) atoms. The molecule has 2 heterocycles. The van der Waals surface area contributed by atoms with Crippen LogP contribution in [0.1, 0.15) is 43.6 Å². The molecule has 1 aliphatic heterocycles. The summed E-state index contributed by atoms with van der Waals surface area (Å²) in [5.74, 6) is 0.626. The third-order valence-electron chi connectivity index (χ3n) is 3.88. The van der Waals surface area contributed by atoms with Gasteiger partial charge in [0.05, 0.1) is 5.60 Å². The Balaban J connectivity index is 2.02. The smallest absolute Gasteiger partial charge is 0.274 e. The number of amides is 1. The molecular formula is C15H24N4O2. The Morgan fingerprint density at radius 3 is 2.90 bits per heavy atom. The molecule has 1 saturated heterocycles. The van der Waals surface area contributed by atoms with Crippen molar-refractivity contribution in [2.45, 2.75) is 38.7 Å². The minimum atomic E-state index is -0.260. The van der Waals surface area contributed by atoms with Crippen molar-refractivity contribution in [2.75, 3.05) is 32.1 Å². The second-order valence-corrected chi connectivity index (χ2v) is 5.71. The number of hydrogen-bond donors (Lipinski definition) is 1. The Labute approximate surface area is 125 Å². The van der Waals surface area contributed by atoms with Crippen LogP contribution >= 0.6 is 0 Å². The summed E-state index contributed by atoms with van der Waals surface area (Å²) in [5, 5.41) is 11.2. The van der Waals surface area contributed by atoms with Gasteiger partial charge in [0, 0.05) is 26.7 Å². The fourth-order valence-electron chi connectivity index (χ4n) is 2.50. The zero-order valence-corrected chi connectivity index (χ0v) is 13.1. The number of carbonyl (C=O) groups excluding carboxylic acids is 1. The van der Waals surface area contributed by atoms with Gasteiger partial charge in [0.1, 0.15) is 5.82 Å². The minimum Gasteiger partial charge on any atom is -0.377 e. The van der Waals surface area contributed by atoms with Crippen LogP contribution in [0.3, 0.4) is 0 Å². The maximum atomic E-state index is 12.5. The molecule has 1 aromatic heterocycles. The number of nitrogens with one attached hydrogen (secondary N) is 1. The zero-order valence-electron chi connectivity index (χ0n) is 13.1. The van der Waals surface area contributed by atoms with Gasteiger partial charge in [-0.15, -0.1) is 10.2 Å². The normalized spacial score (nSPS) is 22.1. The number of likely N-dealkylation sites (tertiary alicyclic amines) is 1. The highest BCUT2D eigenvalue weighted by Crippen LogP contribution is 2.24. The molecule has 2 rings (SSSR count). The van der Waals surface area contributed by atoms with Gasteiger partial charge < -0.3 is 15.0 Å². The second kappa shape index (κ2) is 6.85. The van der Waals surface area contributed by atoms with E-state index in [9.17, 15) is 4.79 Å². The van der Waals surface area contributed by atoms with Crippen molar-refractivity contribution in [1.82, 2.24) is 15.1 Å². The van der Waals surface area contributed by atoms with E-state index in [1.807, 2.05) is 6.92 Å². The standard InChI is InChI=1S/C15H24N4O2/c1-4-9-16-13-7-6-12(17-18-13)14(20)19-10-5-8-15(2,11-19)21-3/h6-7H,4-5,8-11H2,1-3H3,(H,16,18). The second-order valence-electron chi connectivity index (χ2n) is 5.71. The summed E-state index contributed by atoms with van der Waals surface area (Å²) in [4.78, 5) is 14.3. The lowest BCUT2D eigenvalue weighted by molar-refractivity contribution is -0.0441. The molecule has 1 atom stereocenters. The number of aromatic nitrogens is 2. The molecule has 0 saturated carbocycles. The van der Waals surface area contributed by atoms with Gasteiger partial charge in [-0.3, -0.25) is 4.79 Å². The van der Waals surface area contributed by atoms with E-state index in [4.69, 9.17) is 4.74 Å². The topological polar surface area (TPSA) is 67.4 Å². The van der Waals surface area contributed by atoms with Gasteiger partial charge in [-0.2, -0.15) is 0 Å². The van der Waals surface area contributed by atoms with Gasteiger partial charge in [0.25, 0.3) is 5.91 Å². The monoisotopic (exact) mass is 292 g/mol. The van der Waals surface area contributed by atoms with Gasteiger partial charge >= 0.3 is 0 Å². The van der Waals surface area contributed by atoms with Crippen LogP contribution in [-0.4, -0.2) is 53.3 Å². The van der Waals surface area contributed by atoms with Gasteiger partial charge in [0.15, 0.2) is 5.69 Å². The Bertz CT molecular complexity index is 477. The van der Waals surface area contributed by atoms with Gasteiger partial charge in [-0.05, 0) is 38.3 Å². The van der Waals surface area contributed by atoms with E-state index >= 15 is 0 Å². The van der Waals surface area contributed by atoms with Gasteiger partial charge in [-0.1, -0.05) is 6.92 Å². The molecule has 1 N–H and O–H groups in total. The lowest BCUT2D eigenvalue weighted by atomic mass is 9.94. The summed E-state index contributed by atoms with van der Waals surface area (Å²) in [7, 11) is 1.70. The molecule has 6 nitrogen and oxygen atoms in total. The molecule has 1 unspecified atom stereocenters. The van der Waals surface area contributed by atoms with Gasteiger partial charge in [0.2, 0.25) is 0 Å². The maximum absolute atomic E-state index is 12.5. The largest absolute Gasteiger partial charge is 0.377 e. The van der Waals surface area contributed by atoms with Crippen molar-refractivity contribution in [3.8, 4) is 0 Å². The van der Waals surface area contributed by atoms with Crippen LogP contribution in [0.15, 0.2) is 12.1 Å². The third kappa shape index (κ3) is 3.91. The molecule has 1 aromatic rings. The molecule has 0 aliphatic carbocycles. The van der Waals surface area contributed by atoms with Crippen LogP contribution in [0.25, 0.3) is 0 Å². The first-order chi connectivity index (χ1) is 10.1. The first-order valence-electron chi connectivity index (χ1n) is 7.50. The number of hydrogen-bond acceptors (Lipinski definition) is 5. The molecule has 0 bridgehead atoms. The molecular weight excluding hydrogens is 268 g/mol. The van der Waals surface area contributed by atoms with E-state index in [-0.39, 0.29) is 11.5 Å². The summed E-state index contributed by atoms with van der Waals surface area (Å²) < 4.78 is 5.52. The molecule has 116 valence electrons. The lowest BCUT2D eigenvalue weighted by Crippen LogP contribution is -2.49. The van der Waals surface area contributed by atoms with E-state index in [0.29, 0.717) is 18.1 Å². The molecule has 1 aliphatic rings. The zero-order chi connectivity index (χ0) is 15.3. The maximum Gasteiger partial charge on any atom is 0.274 e. The van der Waals surface area contributed by atoms with Crippen molar-refractivity contribution in [3.63, 3.8) is 0 Å². The molecule has 1 amide bonds. The fourth-order valence-corrected chi connectivity index (χ4v) is 2.50. The first kappa shape index (κ1) is 15.7. The highest BCUT2D eigenvalue weighted by atomic mass is 16.5. The average molecular weight is 292 g/mol. The predicted molar refractivity (Wildman–Crippen MR) is 81.4 cm³/mol. The SMILES string of the molecule is CCCNc1ccc(C(=O)N2CCCC(C)(OC)C2)nn1. The third-order valence-corrected chi connectivity index (χ3v) is 3.88. The fraction of sp³-hybridized carbons (Fsp3) is 0.667. The molecule has 1 fully saturated rings. The van der Waals surface area contributed by atoms with Crippen molar-refractivity contribution < 1.29 is 9.53 Å². The van der Waals surface area contributed by atoms with Crippen molar-refractivity contribution in [3.05, 3.63) is 17.8 Å². The first-order valence-corrected chi connectivity index (χ1v) is 7.50. The average Bonchev–Trinajstić information content (AvgIpc) is 2.53. The summed E-state index contributed by atoms with van der Waals surface area (Å²) >= 11 is 0. The Kier molecular flexibility index (Phi) is 5.12. The number of ether oxygens (including phenoxy) is 1. The Morgan fingerprint density at radius 2 is 2.29 bits per heavy atom. The highest BCUT2D eigenvalue weighted by molar-refractivity contribution is 5.92. The van der Waals surface area contributed by atoms with E-state index in [1.165, 1.54) is 0 Å².